The summed E-state index contributed by atoms with van der Waals surface area (Å²) in [5, 5.41) is 0. The highest BCUT2D eigenvalue weighted by Crippen LogP contribution is 2.10. The number of hydrogen-bond acceptors (Lipinski definition) is 6. The van der Waals surface area contributed by atoms with E-state index in [1.54, 1.807) is 11.0 Å². The van der Waals surface area contributed by atoms with Crippen LogP contribution in [0, 0.1) is 6.92 Å². The third-order valence-electron chi connectivity index (χ3n) is 2.23. The Balaban J connectivity index is 2.14. The maximum Gasteiger partial charge on any atom is 0.410 e. The van der Waals surface area contributed by atoms with Crippen LogP contribution in [0.5, 0.6) is 0 Å². The van der Waals surface area contributed by atoms with Crippen LogP contribution in [0.15, 0.2) is 6.07 Å². The molecule has 0 atom stereocenters. The van der Waals surface area contributed by atoms with Crippen molar-refractivity contribution in [3.63, 3.8) is 0 Å². The first-order chi connectivity index (χ1) is 7.69. The lowest BCUT2D eigenvalue weighted by molar-refractivity contribution is 0.156. The number of nitrogen functional groups attached to an aromatic ring is 1. The fourth-order valence-corrected chi connectivity index (χ4v) is 1.51. The number of carbonyl (C=O) groups is 1. The zero-order valence-electron chi connectivity index (χ0n) is 8.93. The van der Waals surface area contributed by atoms with Crippen molar-refractivity contribution in [2.75, 3.05) is 18.6 Å². The molecule has 3 N–H and O–H groups in total. The first-order valence-corrected chi connectivity index (χ1v) is 4.92. The summed E-state index contributed by atoms with van der Waals surface area (Å²) in [4.78, 5) is 21.2. The average molecular weight is 223 g/mol. The van der Waals surface area contributed by atoms with Crippen LogP contribution in [-0.4, -0.2) is 34.1 Å². The van der Waals surface area contributed by atoms with Gasteiger partial charge in [0.05, 0.1) is 13.1 Å². The molecular formula is C9H13N5O2. The number of hydrazine groups is 1. The maximum absolute atomic E-state index is 11.2. The maximum atomic E-state index is 11.2. The molecule has 0 aliphatic carbocycles. The van der Waals surface area contributed by atoms with Crippen LogP contribution in [0.3, 0.4) is 0 Å². The molecule has 1 saturated heterocycles. The molecular weight excluding hydrogens is 210 g/mol. The molecule has 86 valence electrons. The van der Waals surface area contributed by atoms with Gasteiger partial charge >= 0.3 is 6.09 Å². The Morgan fingerprint density at radius 3 is 3.06 bits per heavy atom. The van der Waals surface area contributed by atoms with Crippen molar-refractivity contribution in [2.24, 2.45) is 5.84 Å². The first kappa shape index (κ1) is 10.6. The van der Waals surface area contributed by atoms with Gasteiger partial charge in [0.15, 0.2) is 5.82 Å². The van der Waals surface area contributed by atoms with Gasteiger partial charge in [-0.1, -0.05) is 0 Å². The van der Waals surface area contributed by atoms with Crippen LogP contribution in [-0.2, 0) is 11.3 Å². The van der Waals surface area contributed by atoms with Crippen LogP contribution in [0.4, 0.5) is 10.6 Å². The zero-order chi connectivity index (χ0) is 11.5. The highest BCUT2D eigenvalue weighted by atomic mass is 16.6. The Kier molecular flexibility index (Phi) is 2.86. The Morgan fingerprint density at radius 2 is 2.44 bits per heavy atom. The minimum atomic E-state index is -0.327. The highest BCUT2D eigenvalue weighted by molar-refractivity contribution is 5.69. The predicted octanol–water partition coefficient (Wildman–Crippen LogP) is 0.0228. The Bertz CT molecular complexity index is 409. The molecule has 0 saturated carbocycles. The van der Waals surface area contributed by atoms with Crippen LogP contribution >= 0.6 is 0 Å². The van der Waals surface area contributed by atoms with Gasteiger partial charge in [0.25, 0.3) is 0 Å². The van der Waals surface area contributed by atoms with E-state index in [0.717, 1.165) is 5.69 Å². The van der Waals surface area contributed by atoms with Gasteiger partial charge in [-0.25, -0.2) is 20.6 Å². The Morgan fingerprint density at radius 1 is 1.62 bits per heavy atom. The summed E-state index contributed by atoms with van der Waals surface area (Å²) >= 11 is 0. The molecule has 0 unspecified atom stereocenters. The number of rotatable bonds is 3. The lowest BCUT2D eigenvalue weighted by atomic mass is 10.4. The van der Waals surface area contributed by atoms with E-state index in [9.17, 15) is 4.79 Å². The molecule has 1 fully saturated rings. The van der Waals surface area contributed by atoms with E-state index in [-0.39, 0.29) is 6.09 Å². The lowest BCUT2D eigenvalue weighted by Gasteiger charge is -2.12. The van der Waals surface area contributed by atoms with Gasteiger partial charge in [-0.2, -0.15) is 0 Å². The van der Waals surface area contributed by atoms with Crippen LogP contribution < -0.4 is 11.3 Å². The molecule has 2 rings (SSSR count). The fourth-order valence-electron chi connectivity index (χ4n) is 1.51. The summed E-state index contributed by atoms with van der Waals surface area (Å²) in [5.74, 6) is 6.36. The zero-order valence-corrected chi connectivity index (χ0v) is 8.93. The van der Waals surface area contributed by atoms with Crippen molar-refractivity contribution in [1.82, 2.24) is 14.9 Å². The van der Waals surface area contributed by atoms with E-state index in [0.29, 0.717) is 31.3 Å². The molecule has 0 aromatic carbocycles. The highest BCUT2D eigenvalue weighted by Gasteiger charge is 2.22. The van der Waals surface area contributed by atoms with Gasteiger partial charge in [-0.3, -0.25) is 4.90 Å². The van der Waals surface area contributed by atoms with E-state index >= 15 is 0 Å². The molecule has 7 nitrogen and oxygen atoms in total. The molecule has 0 spiro atoms. The normalized spacial score (nSPS) is 15.1. The van der Waals surface area contributed by atoms with Crippen molar-refractivity contribution >= 4 is 11.9 Å². The van der Waals surface area contributed by atoms with E-state index in [2.05, 4.69) is 15.4 Å². The molecule has 1 amide bonds. The molecule has 0 radical (unpaired) electrons. The van der Waals surface area contributed by atoms with Gasteiger partial charge in [-0.15, -0.1) is 0 Å². The van der Waals surface area contributed by atoms with E-state index in [4.69, 9.17) is 10.6 Å². The standard InChI is InChI=1S/C9H13N5O2/c1-6-4-7(13-10)12-8(11-6)5-14-2-3-16-9(14)15/h4H,2-3,5,10H2,1H3,(H,11,12,13). The summed E-state index contributed by atoms with van der Waals surface area (Å²) < 4.78 is 4.82. The number of nitrogens with two attached hydrogens (primary N) is 1. The monoisotopic (exact) mass is 223 g/mol. The number of hydrogen-bond donors (Lipinski definition) is 2. The first-order valence-electron chi connectivity index (χ1n) is 4.92. The van der Waals surface area contributed by atoms with Crippen molar-refractivity contribution in [3.05, 3.63) is 17.6 Å². The van der Waals surface area contributed by atoms with Crippen molar-refractivity contribution < 1.29 is 9.53 Å². The Labute approximate surface area is 92.6 Å². The second kappa shape index (κ2) is 4.31. The summed E-state index contributed by atoms with van der Waals surface area (Å²) in [6.07, 6.45) is -0.327. The summed E-state index contributed by atoms with van der Waals surface area (Å²) in [5.41, 5.74) is 3.26. The molecule has 0 bridgehead atoms. The van der Waals surface area contributed by atoms with Crippen LogP contribution in [0.2, 0.25) is 0 Å². The minimum Gasteiger partial charge on any atom is -0.448 e. The summed E-state index contributed by atoms with van der Waals surface area (Å²) in [6.45, 7) is 3.18. The third kappa shape index (κ3) is 2.19. The SMILES string of the molecule is Cc1cc(NN)nc(CN2CCOC2=O)n1. The number of aryl methyl sites for hydroxylation is 1. The molecule has 1 aromatic heterocycles. The van der Waals surface area contributed by atoms with Crippen molar-refractivity contribution in [3.8, 4) is 0 Å². The molecule has 7 heteroatoms. The number of carbonyl (C=O) groups excluding carboxylic acids is 1. The predicted molar refractivity (Wildman–Crippen MR) is 56.3 cm³/mol. The number of amides is 1. The van der Waals surface area contributed by atoms with E-state index < -0.39 is 0 Å². The van der Waals surface area contributed by atoms with Gasteiger partial charge < -0.3 is 10.2 Å². The average Bonchev–Trinajstić information content (AvgIpc) is 2.63. The number of nitrogens with zero attached hydrogens (tertiary/aromatic N) is 3. The van der Waals surface area contributed by atoms with Gasteiger partial charge in [0.1, 0.15) is 12.4 Å². The summed E-state index contributed by atoms with van der Waals surface area (Å²) in [7, 11) is 0. The van der Waals surface area contributed by atoms with Crippen molar-refractivity contribution in [2.45, 2.75) is 13.5 Å². The topological polar surface area (TPSA) is 93.4 Å². The largest absolute Gasteiger partial charge is 0.448 e. The van der Waals surface area contributed by atoms with Crippen LogP contribution in [0.25, 0.3) is 0 Å². The van der Waals surface area contributed by atoms with Gasteiger partial charge in [-0.05, 0) is 6.92 Å². The molecule has 1 aliphatic rings. The molecule has 1 aromatic rings. The van der Waals surface area contributed by atoms with Gasteiger partial charge in [0, 0.05) is 11.8 Å². The smallest absolute Gasteiger partial charge is 0.410 e. The second-order valence-electron chi connectivity index (χ2n) is 3.49. The molecule has 16 heavy (non-hydrogen) atoms. The Hall–Kier alpha value is -1.89. The van der Waals surface area contributed by atoms with E-state index in [1.165, 1.54) is 0 Å². The number of anilines is 1. The lowest BCUT2D eigenvalue weighted by Crippen LogP contribution is -2.25. The number of ether oxygens (including phenoxy) is 1. The van der Waals surface area contributed by atoms with Gasteiger partial charge in [0.2, 0.25) is 0 Å². The molecule has 2 heterocycles. The number of aromatic nitrogens is 2. The summed E-state index contributed by atoms with van der Waals surface area (Å²) in [6, 6.07) is 1.73. The van der Waals surface area contributed by atoms with Crippen LogP contribution in [0.1, 0.15) is 11.5 Å². The second-order valence-corrected chi connectivity index (χ2v) is 3.49. The number of cyclic esters (lactones) is 1. The molecule has 1 aliphatic heterocycles. The quantitative estimate of drug-likeness (QED) is 0.554. The van der Waals surface area contributed by atoms with Crippen molar-refractivity contribution in [1.29, 1.82) is 0 Å². The third-order valence-corrected chi connectivity index (χ3v) is 2.23. The minimum absolute atomic E-state index is 0.327. The fraction of sp³-hybridized carbons (Fsp3) is 0.444. The van der Waals surface area contributed by atoms with E-state index in [1.807, 2.05) is 6.92 Å². The number of nitrogens with one attached hydrogen (secondary N) is 1.